The summed E-state index contributed by atoms with van der Waals surface area (Å²) in [6, 6.07) is 0. The lowest BCUT2D eigenvalue weighted by molar-refractivity contribution is 0.0578. The maximum Gasteiger partial charge on any atom is 0.276 e. The molecule has 0 unspecified atom stereocenters. The molecule has 1 fully saturated rings. The van der Waals surface area contributed by atoms with E-state index in [4.69, 9.17) is 5.73 Å². The molecule has 5 heteroatoms. The second-order valence-corrected chi connectivity index (χ2v) is 6.21. The maximum atomic E-state index is 12.5. The molecule has 5 nitrogen and oxygen atoms in total. The molecule has 19 heavy (non-hydrogen) atoms. The Morgan fingerprint density at radius 3 is 2.89 bits per heavy atom. The van der Waals surface area contributed by atoms with Crippen LogP contribution in [-0.4, -0.2) is 34.1 Å². The Morgan fingerprint density at radius 1 is 1.53 bits per heavy atom. The van der Waals surface area contributed by atoms with Gasteiger partial charge in [0.2, 0.25) is 0 Å². The van der Waals surface area contributed by atoms with Gasteiger partial charge in [-0.25, -0.2) is 0 Å². The number of rotatable bonds is 3. The smallest absolute Gasteiger partial charge is 0.276 e. The molecule has 2 rings (SSSR count). The number of carbonyl (C=O) groups is 1. The largest absolute Gasteiger partial charge is 0.395 e. The van der Waals surface area contributed by atoms with Crippen LogP contribution in [0.2, 0.25) is 0 Å². The Bertz CT molecular complexity index is 464. The first-order valence-corrected chi connectivity index (χ1v) is 7.06. The number of aryl methyl sites for hydroxylation is 1. The number of H-pyrrole nitrogens is 1. The lowest BCUT2D eigenvalue weighted by Gasteiger charge is -2.37. The monoisotopic (exact) mass is 264 g/mol. The first-order valence-electron chi connectivity index (χ1n) is 7.06. The molecule has 0 aliphatic carbocycles. The Hall–Kier alpha value is -1.52. The number of nitrogens with one attached hydrogen (secondary N) is 1. The van der Waals surface area contributed by atoms with E-state index in [2.05, 4.69) is 31.0 Å². The summed E-state index contributed by atoms with van der Waals surface area (Å²) in [6.45, 7) is 8.06. The summed E-state index contributed by atoms with van der Waals surface area (Å²) in [6.07, 6.45) is 4.02. The second kappa shape index (κ2) is 5.23. The fourth-order valence-corrected chi connectivity index (χ4v) is 2.74. The van der Waals surface area contributed by atoms with Gasteiger partial charge in [-0.2, -0.15) is 5.10 Å². The molecule has 2 heterocycles. The zero-order valence-corrected chi connectivity index (χ0v) is 12.1. The number of carbonyl (C=O) groups excluding carboxylic acids is 1. The summed E-state index contributed by atoms with van der Waals surface area (Å²) in [5.74, 6) is -0.0381. The first-order chi connectivity index (χ1) is 8.94. The number of amides is 1. The van der Waals surface area contributed by atoms with E-state index in [0.29, 0.717) is 11.4 Å². The highest BCUT2D eigenvalue weighted by Crippen LogP contribution is 2.29. The number of nitrogen functional groups attached to an aromatic ring is 1. The van der Waals surface area contributed by atoms with Crippen molar-refractivity contribution in [1.82, 2.24) is 15.1 Å². The molecule has 1 aromatic rings. The van der Waals surface area contributed by atoms with Crippen molar-refractivity contribution in [2.45, 2.75) is 46.5 Å². The molecule has 0 bridgehead atoms. The van der Waals surface area contributed by atoms with Gasteiger partial charge in [0.15, 0.2) is 5.69 Å². The minimum atomic E-state index is -0.0381. The molecule has 0 saturated carbocycles. The molecule has 0 aromatic carbocycles. The summed E-state index contributed by atoms with van der Waals surface area (Å²) in [5, 5.41) is 7.01. The second-order valence-electron chi connectivity index (χ2n) is 6.21. The van der Waals surface area contributed by atoms with E-state index in [1.54, 1.807) is 0 Å². The predicted octanol–water partition coefficient (Wildman–Crippen LogP) is 2.21. The van der Waals surface area contributed by atoms with Gasteiger partial charge >= 0.3 is 0 Å². The van der Waals surface area contributed by atoms with E-state index in [0.717, 1.165) is 44.5 Å². The fourth-order valence-electron chi connectivity index (χ4n) is 2.74. The van der Waals surface area contributed by atoms with Crippen molar-refractivity contribution < 1.29 is 4.79 Å². The van der Waals surface area contributed by atoms with Crippen molar-refractivity contribution in [3.05, 3.63) is 11.4 Å². The molecular formula is C14H24N4O. The number of hydrogen-bond acceptors (Lipinski definition) is 3. The Balaban J connectivity index is 2.15. The van der Waals surface area contributed by atoms with Gasteiger partial charge in [0.25, 0.3) is 5.91 Å². The topological polar surface area (TPSA) is 75.0 Å². The van der Waals surface area contributed by atoms with Crippen molar-refractivity contribution in [1.29, 1.82) is 0 Å². The lowest BCUT2D eigenvalue weighted by atomic mass is 9.84. The van der Waals surface area contributed by atoms with Crippen LogP contribution >= 0.6 is 0 Å². The molecule has 1 amide bonds. The molecule has 106 valence electrons. The third-order valence-corrected chi connectivity index (χ3v) is 3.77. The van der Waals surface area contributed by atoms with Gasteiger partial charge < -0.3 is 10.6 Å². The third-order valence-electron chi connectivity index (χ3n) is 3.77. The van der Waals surface area contributed by atoms with Crippen LogP contribution in [0.1, 0.15) is 56.2 Å². The highest BCUT2D eigenvalue weighted by Gasteiger charge is 2.31. The van der Waals surface area contributed by atoms with Crippen LogP contribution in [0.15, 0.2) is 0 Å². The highest BCUT2D eigenvalue weighted by molar-refractivity contribution is 5.97. The lowest BCUT2D eigenvalue weighted by Crippen LogP contribution is -2.43. The van der Waals surface area contributed by atoms with Crippen LogP contribution in [0.25, 0.3) is 0 Å². The van der Waals surface area contributed by atoms with Crippen molar-refractivity contribution >= 4 is 11.6 Å². The third kappa shape index (κ3) is 2.91. The quantitative estimate of drug-likeness (QED) is 0.879. The molecule has 0 atom stereocenters. The number of piperidine rings is 1. The number of likely N-dealkylation sites (tertiary alicyclic amines) is 1. The molecule has 1 aromatic heterocycles. The summed E-state index contributed by atoms with van der Waals surface area (Å²) >= 11 is 0. The molecule has 0 spiro atoms. The number of anilines is 1. The van der Waals surface area contributed by atoms with E-state index in [9.17, 15) is 4.79 Å². The average Bonchev–Trinajstić information content (AvgIpc) is 2.70. The zero-order chi connectivity index (χ0) is 14.0. The van der Waals surface area contributed by atoms with Crippen LogP contribution < -0.4 is 5.73 Å². The average molecular weight is 264 g/mol. The van der Waals surface area contributed by atoms with Crippen LogP contribution in [0.3, 0.4) is 0 Å². The molecule has 3 N–H and O–H groups in total. The van der Waals surface area contributed by atoms with Crippen LogP contribution in [0, 0.1) is 5.41 Å². The van der Waals surface area contributed by atoms with Crippen LogP contribution in [0.5, 0.6) is 0 Å². The van der Waals surface area contributed by atoms with Gasteiger partial charge in [-0.15, -0.1) is 0 Å². The zero-order valence-electron chi connectivity index (χ0n) is 12.1. The molecular weight excluding hydrogens is 240 g/mol. The van der Waals surface area contributed by atoms with Gasteiger partial charge in [-0.3, -0.25) is 9.89 Å². The van der Waals surface area contributed by atoms with Gasteiger partial charge in [-0.05, 0) is 24.7 Å². The number of nitrogens with zero attached hydrogens (tertiary/aromatic N) is 2. The number of nitrogens with two attached hydrogens (primary N) is 1. The standard InChI is InChI=1S/C14H24N4O/c1-4-6-10-11(15)12(17-16-10)13(19)18-8-5-7-14(2,3)9-18/h4-9,15H2,1-3H3,(H,16,17). The van der Waals surface area contributed by atoms with Crippen molar-refractivity contribution in [2.75, 3.05) is 18.8 Å². The summed E-state index contributed by atoms with van der Waals surface area (Å²) < 4.78 is 0. The molecule has 1 aliphatic rings. The maximum absolute atomic E-state index is 12.5. The Kier molecular flexibility index (Phi) is 3.83. The summed E-state index contributed by atoms with van der Waals surface area (Å²) in [4.78, 5) is 14.4. The predicted molar refractivity (Wildman–Crippen MR) is 75.9 cm³/mol. The van der Waals surface area contributed by atoms with E-state index in [1.165, 1.54) is 0 Å². The number of aromatic amines is 1. The van der Waals surface area contributed by atoms with Crippen molar-refractivity contribution in [3.63, 3.8) is 0 Å². The van der Waals surface area contributed by atoms with Gasteiger partial charge in [-0.1, -0.05) is 27.2 Å². The Morgan fingerprint density at radius 2 is 2.26 bits per heavy atom. The SMILES string of the molecule is CCCc1[nH]nc(C(=O)N2CCCC(C)(C)C2)c1N. The van der Waals surface area contributed by atoms with Gasteiger partial charge in [0.1, 0.15) is 0 Å². The minimum Gasteiger partial charge on any atom is -0.395 e. The van der Waals surface area contributed by atoms with Crippen LogP contribution in [0.4, 0.5) is 5.69 Å². The fraction of sp³-hybridized carbons (Fsp3) is 0.714. The molecule has 1 aliphatic heterocycles. The Labute approximate surface area is 114 Å². The minimum absolute atomic E-state index is 0.0381. The number of hydrogen-bond donors (Lipinski definition) is 2. The van der Waals surface area contributed by atoms with E-state index in [1.807, 2.05) is 4.90 Å². The summed E-state index contributed by atoms with van der Waals surface area (Å²) in [5.41, 5.74) is 8.00. The number of aromatic nitrogens is 2. The molecule has 1 saturated heterocycles. The normalized spacial score (nSPS) is 18.6. The summed E-state index contributed by atoms with van der Waals surface area (Å²) in [7, 11) is 0. The van der Waals surface area contributed by atoms with E-state index >= 15 is 0 Å². The molecule has 0 radical (unpaired) electrons. The van der Waals surface area contributed by atoms with Gasteiger partial charge in [0.05, 0.1) is 11.4 Å². The van der Waals surface area contributed by atoms with E-state index < -0.39 is 0 Å². The van der Waals surface area contributed by atoms with Crippen molar-refractivity contribution in [2.24, 2.45) is 5.41 Å². The van der Waals surface area contributed by atoms with Gasteiger partial charge in [0, 0.05) is 13.1 Å². The van der Waals surface area contributed by atoms with Crippen LogP contribution in [-0.2, 0) is 6.42 Å². The van der Waals surface area contributed by atoms with E-state index in [-0.39, 0.29) is 11.3 Å². The first kappa shape index (κ1) is 13.9. The van der Waals surface area contributed by atoms with Crippen molar-refractivity contribution in [3.8, 4) is 0 Å². The highest BCUT2D eigenvalue weighted by atomic mass is 16.2.